The molecular weight excluding hydrogens is 454 g/mol. The van der Waals surface area contributed by atoms with Crippen molar-refractivity contribution in [3.05, 3.63) is 68.2 Å². The number of hydrogen-bond acceptors (Lipinski definition) is 6. The van der Waals surface area contributed by atoms with Crippen molar-refractivity contribution in [3.8, 4) is 0 Å². The summed E-state index contributed by atoms with van der Waals surface area (Å²) in [4.78, 5) is 35.7. The second-order valence-electron chi connectivity index (χ2n) is 8.18. The minimum atomic E-state index is -0.258. The molecule has 0 aliphatic heterocycles. The normalized spacial score (nSPS) is 12.3. The summed E-state index contributed by atoms with van der Waals surface area (Å²) in [6, 6.07) is 8.26. The first-order valence-electron chi connectivity index (χ1n) is 10.9. The van der Waals surface area contributed by atoms with Crippen LogP contribution in [0.25, 0.3) is 10.2 Å². The SMILES string of the molecule is CCC(C)n1nccc1NC(=O)c1sc2nc(CSc3cc(C)ccc3C)[nH]c(=O)c2c1C. The first-order chi connectivity index (χ1) is 15.8. The second-order valence-corrected chi connectivity index (χ2v) is 10.2. The fourth-order valence-corrected chi connectivity index (χ4v) is 5.68. The fourth-order valence-electron chi connectivity index (χ4n) is 3.59. The highest BCUT2D eigenvalue weighted by Gasteiger charge is 2.21. The van der Waals surface area contributed by atoms with Gasteiger partial charge in [0.2, 0.25) is 0 Å². The molecule has 1 amide bonds. The molecule has 3 aromatic heterocycles. The zero-order chi connectivity index (χ0) is 23.7. The van der Waals surface area contributed by atoms with Crippen LogP contribution in [0.5, 0.6) is 0 Å². The Labute approximate surface area is 200 Å². The van der Waals surface area contributed by atoms with Crippen LogP contribution >= 0.6 is 23.1 Å². The average Bonchev–Trinajstić information content (AvgIpc) is 3.38. The quantitative estimate of drug-likeness (QED) is 0.334. The molecule has 4 aromatic rings. The van der Waals surface area contributed by atoms with Gasteiger partial charge in [0.15, 0.2) is 0 Å². The van der Waals surface area contributed by atoms with Crippen LogP contribution in [0.4, 0.5) is 5.82 Å². The molecule has 0 spiro atoms. The van der Waals surface area contributed by atoms with Gasteiger partial charge in [-0.2, -0.15) is 5.10 Å². The fraction of sp³-hybridized carbons (Fsp3) is 0.333. The summed E-state index contributed by atoms with van der Waals surface area (Å²) < 4.78 is 1.80. The van der Waals surface area contributed by atoms with E-state index in [9.17, 15) is 9.59 Å². The lowest BCUT2D eigenvalue weighted by Gasteiger charge is -2.14. The monoisotopic (exact) mass is 481 g/mol. The zero-order valence-corrected chi connectivity index (χ0v) is 21.0. The lowest BCUT2D eigenvalue weighted by Crippen LogP contribution is -2.17. The Bertz CT molecular complexity index is 1390. The molecule has 0 radical (unpaired) electrons. The molecule has 0 fully saturated rings. The van der Waals surface area contributed by atoms with Crippen LogP contribution in [-0.2, 0) is 5.75 Å². The number of aryl methyl sites for hydroxylation is 3. The van der Waals surface area contributed by atoms with Crippen LogP contribution < -0.4 is 10.9 Å². The van der Waals surface area contributed by atoms with Crippen molar-refractivity contribution in [3.63, 3.8) is 0 Å². The number of H-pyrrole nitrogens is 1. The summed E-state index contributed by atoms with van der Waals surface area (Å²) in [5.41, 5.74) is 2.81. The van der Waals surface area contributed by atoms with E-state index in [1.807, 2.05) is 0 Å². The standard InChI is InChI=1S/C24H27N5O2S2/c1-6-15(4)29-19(9-10-25-29)28-23(31)21-16(5)20-22(30)26-18(27-24(20)33-21)12-32-17-11-13(2)7-8-14(17)3/h7-11,15H,6,12H2,1-5H3,(H,28,31)(H,26,27,30). The van der Waals surface area contributed by atoms with E-state index in [2.05, 4.69) is 66.3 Å². The summed E-state index contributed by atoms with van der Waals surface area (Å²) >= 11 is 2.89. The zero-order valence-electron chi connectivity index (χ0n) is 19.4. The van der Waals surface area contributed by atoms with Gasteiger partial charge in [0, 0.05) is 11.0 Å². The van der Waals surface area contributed by atoms with Gasteiger partial charge in [0.05, 0.1) is 28.3 Å². The molecule has 0 aliphatic carbocycles. The third kappa shape index (κ3) is 4.74. The van der Waals surface area contributed by atoms with E-state index >= 15 is 0 Å². The summed E-state index contributed by atoms with van der Waals surface area (Å²) in [6.07, 6.45) is 2.57. The summed E-state index contributed by atoms with van der Waals surface area (Å²) in [5.74, 6) is 1.52. The molecule has 0 saturated heterocycles. The molecule has 3 heterocycles. The molecule has 1 aromatic carbocycles. The molecule has 2 N–H and O–H groups in total. The third-order valence-electron chi connectivity index (χ3n) is 5.68. The number of aromatic nitrogens is 4. The van der Waals surface area contributed by atoms with E-state index < -0.39 is 0 Å². The van der Waals surface area contributed by atoms with Crippen LogP contribution in [0.2, 0.25) is 0 Å². The topological polar surface area (TPSA) is 92.7 Å². The van der Waals surface area contributed by atoms with Crippen LogP contribution in [0.1, 0.15) is 58.5 Å². The molecule has 172 valence electrons. The molecule has 0 bridgehead atoms. The van der Waals surface area contributed by atoms with E-state index in [-0.39, 0.29) is 17.5 Å². The average molecular weight is 482 g/mol. The molecular formula is C24H27N5O2S2. The number of anilines is 1. The number of amides is 1. The van der Waals surface area contributed by atoms with Gasteiger partial charge in [0.25, 0.3) is 11.5 Å². The van der Waals surface area contributed by atoms with Crippen molar-refractivity contribution < 1.29 is 4.79 Å². The van der Waals surface area contributed by atoms with Gasteiger partial charge in [-0.1, -0.05) is 24.6 Å². The number of rotatable bonds is 7. The molecule has 9 heteroatoms. The molecule has 0 saturated carbocycles. The highest BCUT2D eigenvalue weighted by Crippen LogP contribution is 2.30. The van der Waals surface area contributed by atoms with E-state index in [4.69, 9.17) is 0 Å². The number of aromatic amines is 1. The van der Waals surface area contributed by atoms with Crippen molar-refractivity contribution >= 4 is 45.0 Å². The van der Waals surface area contributed by atoms with E-state index in [0.29, 0.717) is 38.1 Å². The van der Waals surface area contributed by atoms with E-state index in [1.165, 1.54) is 22.5 Å². The first kappa shape index (κ1) is 23.3. The van der Waals surface area contributed by atoms with Gasteiger partial charge in [-0.05, 0) is 51.3 Å². The van der Waals surface area contributed by atoms with Crippen LogP contribution in [0.15, 0.2) is 40.2 Å². The lowest BCUT2D eigenvalue weighted by atomic mass is 10.2. The van der Waals surface area contributed by atoms with Gasteiger partial charge < -0.3 is 10.3 Å². The second kappa shape index (κ2) is 9.52. The van der Waals surface area contributed by atoms with Crippen molar-refractivity contribution in [2.75, 3.05) is 5.32 Å². The minimum Gasteiger partial charge on any atom is -0.309 e. The van der Waals surface area contributed by atoms with Crippen molar-refractivity contribution in [2.24, 2.45) is 0 Å². The van der Waals surface area contributed by atoms with Gasteiger partial charge in [-0.3, -0.25) is 9.59 Å². The molecule has 7 nitrogen and oxygen atoms in total. The van der Waals surface area contributed by atoms with E-state index in [0.717, 1.165) is 11.3 Å². The maximum absolute atomic E-state index is 13.1. The summed E-state index contributed by atoms with van der Waals surface area (Å²) in [6.45, 7) is 10.0. The Balaban J connectivity index is 1.60. The minimum absolute atomic E-state index is 0.167. The Morgan fingerprint density at radius 2 is 2.06 bits per heavy atom. The maximum atomic E-state index is 13.1. The van der Waals surface area contributed by atoms with Crippen LogP contribution in [0.3, 0.4) is 0 Å². The molecule has 1 atom stereocenters. The maximum Gasteiger partial charge on any atom is 0.267 e. The number of nitrogens with zero attached hydrogens (tertiary/aromatic N) is 3. The molecule has 0 aliphatic rings. The number of carbonyl (C=O) groups is 1. The Kier molecular flexibility index (Phi) is 6.71. The number of hydrogen-bond donors (Lipinski definition) is 2. The van der Waals surface area contributed by atoms with Gasteiger partial charge in [-0.25, -0.2) is 9.67 Å². The number of nitrogens with one attached hydrogen (secondary N) is 2. The van der Waals surface area contributed by atoms with Gasteiger partial charge in [-0.15, -0.1) is 23.1 Å². The smallest absolute Gasteiger partial charge is 0.267 e. The summed E-state index contributed by atoms with van der Waals surface area (Å²) in [7, 11) is 0. The lowest BCUT2D eigenvalue weighted by molar-refractivity contribution is 0.102. The van der Waals surface area contributed by atoms with E-state index in [1.54, 1.807) is 35.6 Å². The van der Waals surface area contributed by atoms with Gasteiger partial charge >= 0.3 is 0 Å². The number of carbonyl (C=O) groups excluding carboxylic acids is 1. The van der Waals surface area contributed by atoms with Gasteiger partial charge in [0.1, 0.15) is 16.5 Å². The Morgan fingerprint density at radius 1 is 1.27 bits per heavy atom. The number of benzene rings is 1. The Hall–Kier alpha value is -2.91. The molecule has 1 unspecified atom stereocenters. The number of fused-ring (bicyclic) bond motifs is 1. The van der Waals surface area contributed by atoms with Crippen molar-refractivity contribution in [2.45, 2.75) is 57.7 Å². The highest BCUT2D eigenvalue weighted by atomic mass is 32.2. The molecule has 33 heavy (non-hydrogen) atoms. The third-order valence-corrected chi connectivity index (χ3v) is 8.04. The number of thioether (sulfide) groups is 1. The first-order valence-corrected chi connectivity index (χ1v) is 12.7. The van der Waals surface area contributed by atoms with Crippen molar-refractivity contribution in [1.82, 2.24) is 19.7 Å². The summed E-state index contributed by atoms with van der Waals surface area (Å²) in [5, 5.41) is 7.73. The highest BCUT2D eigenvalue weighted by molar-refractivity contribution is 7.98. The van der Waals surface area contributed by atoms with Crippen molar-refractivity contribution in [1.29, 1.82) is 0 Å². The predicted molar refractivity (Wildman–Crippen MR) is 136 cm³/mol. The largest absolute Gasteiger partial charge is 0.309 e. The number of thiophene rings is 1. The molecule has 4 rings (SSSR count). The Morgan fingerprint density at radius 3 is 2.82 bits per heavy atom. The predicted octanol–water partition coefficient (Wildman–Crippen LogP) is 5.62. The van der Waals surface area contributed by atoms with Crippen LogP contribution in [0, 0.1) is 20.8 Å². The van der Waals surface area contributed by atoms with Crippen LogP contribution in [-0.4, -0.2) is 25.7 Å².